The van der Waals surface area contributed by atoms with Crippen molar-refractivity contribution in [3.05, 3.63) is 88.0 Å². The summed E-state index contributed by atoms with van der Waals surface area (Å²) in [5.74, 6) is 0. The summed E-state index contributed by atoms with van der Waals surface area (Å²) >= 11 is 7.63. The number of hydrogen-bond donors (Lipinski definition) is 0. The van der Waals surface area contributed by atoms with Gasteiger partial charge in [-0.05, 0) is 47.8 Å². The second kappa shape index (κ2) is 6.80. The van der Waals surface area contributed by atoms with Gasteiger partial charge < -0.3 is 0 Å². The van der Waals surface area contributed by atoms with E-state index in [0.717, 1.165) is 39.8 Å². The fourth-order valence-electron chi connectivity index (χ4n) is 3.44. The van der Waals surface area contributed by atoms with Crippen LogP contribution in [-0.4, -0.2) is 14.8 Å². The molecule has 1 aliphatic rings. The van der Waals surface area contributed by atoms with E-state index in [0.29, 0.717) is 0 Å². The van der Waals surface area contributed by atoms with Gasteiger partial charge in [0, 0.05) is 16.0 Å². The molecule has 0 amide bonds. The molecule has 0 atom stereocenters. The van der Waals surface area contributed by atoms with Gasteiger partial charge in [0.2, 0.25) is 5.13 Å². The molecule has 0 bridgehead atoms. The highest BCUT2D eigenvalue weighted by atomic mass is 35.5. The maximum atomic E-state index is 6.01. The van der Waals surface area contributed by atoms with Crippen LogP contribution in [0.3, 0.4) is 0 Å². The Bertz CT molecular complexity index is 1120. The fourth-order valence-corrected chi connectivity index (χ4v) is 4.37. The van der Waals surface area contributed by atoms with Crippen molar-refractivity contribution in [2.24, 2.45) is 0 Å². The van der Waals surface area contributed by atoms with Crippen LogP contribution in [0.1, 0.15) is 23.2 Å². The van der Waals surface area contributed by atoms with E-state index in [1.54, 1.807) is 11.3 Å². The third kappa shape index (κ3) is 3.11. The molecule has 5 heteroatoms. The van der Waals surface area contributed by atoms with Crippen molar-refractivity contribution in [3.8, 4) is 16.4 Å². The van der Waals surface area contributed by atoms with Crippen LogP contribution in [0.25, 0.3) is 28.0 Å². The van der Waals surface area contributed by atoms with Crippen molar-refractivity contribution < 1.29 is 0 Å². The standard InChI is InChI=1S/C22H16ClN3S/c23-19-10-6-15(7-11-19)12-17-8-9-18-13-24-26(21(17)18)22-25-20(14-27-22)16-4-2-1-3-5-16/h1-7,10-14H,8-9H2/b17-12+. The van der Waals surface area contributed by atoms with Crippen molar-refractivity contribution in [2.45, 2.75) is 12.8 Å². The van der Waals surface area contributed by atoms with Gasteiger partial charge in [-0.1, -0.05) is 54.1 Å². The molecule has 27 heavy (non-hydrogen) atoms. The Morgan fingerprint density at radius 2 is 1.81 bits per heavy atom. The maximum Gasteiger partial charge on any atom is 0.211 e. The Hall–Kier alpha value is -2.69. The molecule has 0 fully saturated rings. The van der Waals surface area contributed by atoms with Crippen LogP contribution >= 0.6 is 22.9 Å². The topological polar surface area (TPSA) is 30.7 Å². The minimum Gasteiger partial charge on any atom is -0.218 e. The minimum absolute atomic E-state index is 0.755. The Labute approximate surface area is 166 Å². The second-order valence-corrected chi connectivity index (χ2v) is 7.81. The third-order valence-electron chi connectivity index (χ3n) is 4.77. The van der Waals surface area contributed by atoms with Crippen LogP contribution in [0.4, 0.5) is 0 Å². The van der Waals surface area contributed by atoms with Gasteiger partial charge in [-0.25, -0.2) is 9.67 Å². The van der Waals surface area contributed by atoms with Gasteiger partial charge >= 0.3 is 0 Å². The molecule has 0 spiro atoms. The zero-order valence-corrected chi connectivity index (χ0v) is 16.0. The zero-order valence-electron chi connectivity index (χ0n) is 14.5. The van der Waals surface area contributed by atoms with E-state index >= 15 is 0 Å². The van der Waals surface area contributed by atoms with Gasteiger partial charge in [0.15, 0.2) is 0 Å². The van der Waals surface area contributed by atoms with Crippen molar-refractivity contribution in [1.29, 1.82) is 0 Å². The summed E-state index contributed by atoms with van der Waals surface area (Å²) in [5.41, 5.74) is 7.02. The van der Waals surface area contributed by atoms with Crippen molar-refractivity contribution >= 4 is 34.6 Å². The molecule has 5 rings (SSSR count). The molecule has 2 aromatic heterocycles. The highest BCUT2D eigenvalue weighted by Gasteiger charge is 2.24. The summed E-state index contributed by atoms with van der Waals surface area (Å²) < 4.78 is 1.99. The summed E-state index contributed by atoms with van der Waals surface area (Å²) in [6.45, 7) is 0. The first-order chi connectivity index (χ1) is 13.3. The lowest BCUT2D eigenvalue weighted by Crippen LogP contribution is -2.00. The Balaban J connectivity index is 1.54. The number of thiazole rings is 1. The van der Waals surface area contributed by atoms with Gasteiger partial charge in [0.25, 0.3) is 0 Å². The van der Waals surface area contributed by atoms with E-state index in [1.165, 1.54) is 16.8 Å². The van der Waals surface area contributed by atoms with Gasteiger partial charge in [-0.3, -0.25) is 0 Å². The van der Waals surface area contributed by atoms with Crippen LogP contribution in [0.2, 0.25) is 5.02 Å². The van der Waals surface area contributed by atoms with Gasteiger partial charge in [-0.2, -0.15) is 5.10 Å². The van der Waals surface area contributed by atoms with E-state index in [1.807, 2.05) is 53.3 Å². The van der Waals surface area contributed by atoms with E-state index in [2.05, 4.69) is 28.7 Å². The lowest BCUT2D eigenvalue weighted by Gasteiger charge is -2.05. The highest BCUT2D eigenvalue weighted by Crippen LogP contribution is 2.36. The number of rotatable bonds is 3. The lowest BCUT2D eigenvalue weighted by molar-refractivity contribution is 0.855. The Morgan fingerprint density at radius 3 is 2.63 bits per heavy atom. The number of aromatic nitrogens is 3. The van der Waals surface area contributed by atoms with Crippen molar-refractivity contribution in [1.82, 2.24) is 14.8 Å². The van der Waals surface area contributed by atoms with E-state index in [-0.39, 0.29) is 0 Å². The largest absolute Gasteiger partial charge is 0.218 e. The smallest absolute Gasteiger partial charge is 0.211 e. The molecular weight excluding hydrogens is 374 g/mol. The van der Waals surface area contributed by atoms with Crippen LogP contribution in [0, 0.1) is 0 Å². The van der Waals surface area contributed by atoms with E-state index in [4.69, 9.17) is 16.6 Å². The van der Waals surface area contributed by atoms with E-state index < -0.39 is 0 Å². The first-order valence-corrected chi connectivity index (χ1v) is 10.1. The van der Waals surface area contributed by atoms with Crippen LogP contribution < -0.4 is 0 Å². The minimum atomic E-state index is 0.755. The molecule has 0 saturated carbocycles. The average Bonchev–Trinajstić information content (AvgIpc) is 3.42. The van der Waals surface area contributed by atoms with Crippen molar-refractivity contribution in [2.75, 3.05) is 0 Å². The molecule has 1 aliphatic carbocycles. The first kappa shape index (κ1) is 16.5. The zero-order chi connectivity index (χ0) is 18.2. The van der Waals surface area contributed by atoms with E-state index in [9.17, 15) is 0 Å². The van der Waals surface area contributed by atoms with Crippen LogP contribution in [-0.2, 0) is 6.42 Å². The molecule has 3 nitrogen and oxygen atoms in total. The summed E-state index contributed by atoms with van der Waals surface area (Å²) in [6.07, 6.45) is 6.24. The molecule has 2 aromatic carbocycles. The summed E-state index contributed by atoms with van der Waals surface area (Å²) in [5, 5.41) is 8.37. The Morgan fingerprint density at radius 1 is 1.00 bits per heavy atom. The Kier molecular flexibility index (Phi) is 4.15. The molecule has 132 valence electrons. The molecule has 2 heterocycles. The normalized spacial score (nSPS) is 14.6. The predicted octanol–water partition coefficient (Wildman–Crippen LogP) is 6.14. The molecule has 0 N–H and O–H groups in total. The van der Waals surface area contributed by atoms with Crippen LogP contribution in [0.5, 0.6) is 0 Å². The molecule has 0 radical (unpaired) electrons. The number of aryl methyl sites for hydroxylation is 1. The van der Waals surface area contributed by atoms with Gasteiger partial charge in [0.1, 0.15) is 0 Å². The highest BCUT2D eigenvalue weighted by molar-refractivity contribution is 7.12. The number of benzene rings is 2. The van der Waals surface area contributed by atoms with Crippen LogP contribution in [0.15, 0.2) is 66.2 Å². The average molecular weight is 390 g/mol. The third-order valence-corrected chi connectivity index (χ3v) is 5.83. The summed E-state index contributed by atoms with van der Waals surface area (Å²) in [4.78, 5) is 4.83. The summed E-state index contributed by atoms with van der Waals surface area (Å²) in [6, 6.07) is 18.2. The number of nitrogens with zero attached hydrogens (tertiary/aromatic N) is 3. The summed E-state index contributed by atoms with van der Waals surface area (Å²) in [7, 11) is 0. The molecule has 0 saturated heterocycles. The monoisotopic (exact) mass is 389 g/mol. The molecular formula is C22H16ClN3S. The quantitative estimate of drug-likeness (QED) is 0.421. The molecule has 4 aromatic rings. The maximum absolute atomic E-state index is 6.01. The second-order valence-electron chi connectivity index (χ2n) is 6.53. The lowest BCUT2D eigenvalue weighted by atomic mass is 10.1. The van der Waals surface area contributed by atoms with Crippen molar-refractivity contribution in [3.63, 3.8) is 0 Å². The SMILES string of the molecule is Clc1ccc(/C=C2\CCc3cnn(-c4nc(-c5ccccc5)cs4)c32)cc1. The molecule has 0 unspecified atom stereocenters. The number of halogens is 1. The first-order valence-electron chi connectivity index (χ1n) is 8.83. The fraction of sp³-hybridized carbons (Fsp3) is 0.0909. The van der Waals surface area contributed by atoms with Gasteiger partial charge in [0.05, 0.1) is 17.6 Å². The number of fused-ring (bicyclic) bond motifs is 1. The molecule has 0 aliphatic heterocycles. The van der Waals surface area contributed by atoms with Gasteiger partial charge in [-0.15, -0.1) is 11.3 Å². The number of hydrogen-bond acceptors (Lipinski definition) is 3. The number of allylic oxidation sites excluding steroid dienone is 1. The predicted molar refractivity (Wildman–Crippen MR) is 112 cm³/mol.